The van der Waals surface area contributed by atoms with E-state index >= 15 is 0 Å². The van der Waals surface area contributed by atoms with Gasteiger partial charge in [-0.05, 0) is 105 Å². The lowest BCUT2D eigenvalue weighted by Gasteiger charge is -2.09. The van der Waals surface area contributed by atoms with E-state index in [4.69, 9.17) is 19.7 Å². The summed E-state index contributed by atoms with van der Waals surface area (Å²) < 4.78 is 40.0. The Balaban J connectivity index is 1.57. The lowest BCUT2D eigenvalue weighted by atomic mass is 10.0. The predicted octanol–water partition coefficient (Wildman–Crippen LogP) is 5.13. The zero-order chi connectivity index (χ0) is 31.7. The third kappa shape index (κ3) is 11.6. The third-order valence-electron chi connectivity index (χ3n) is 6.84. The smallest absolute Gasteiger partial charge is 0.166 e. The first-order valence-electron chi connectivity index (χ1n) is 14.9. The molecule has 234 valence electrons. The van der Waals surface area contributed by atoms with Crippen molar-refractivity contribution in [2.24, 2.45) is 0 Å². The molecule has 6 nitrogen and oxygen atoms in total. The molecule has 0 saturated heterocycles. The third-order valence-corrected chi connectivity index (χ3v) is 6.84. The Labute approximate surface area is 258 Å². The van der Waals surface area contributed by atoms with Gasteiger partial charge in [-0.15, -0.1) is 0 Å². The summed E-state index contributed by atoms with van der Waals surface area (Å²) in [4.78, 5) is 0. The average Bonchev–Trinajstić information content (AvgIpc) is 3.03. The van der Waals surface area contributed by atoms with Gasteiger partial charge in [0, 0.05) is 22.3 Å². The van der Waals surface area contributed by atoms with Crippen molar-refractivity contribution >= 4 is 0 Å². The summed E-state index contributed by atoms with van der Waals surface area (Å²) in [5, 5.41) is 36.4. The first-order valence-corrected chi connectivity index (χ1v) is 14.9. The van der Waals surface area contributed by atoms with Crippen molar-refractivity contribution < 1.29 is 38.7 Å². The first kappa shape index (κ1) is 34.6. The Morgan fingerprint density at radius 1 is 0.636 bits per heavy atom. The number of aliphatic hydroxyl groups is 4. The number of ether oxygens (including phenoxy) is 2. The molecule has 0 heterocycles. The van der Waals surface area contributed by atoms with Gasteiger partial charge in [-0.2, -0.15) is 0 Å². The summed E-state index contributed by atoms with van der Waals surface area (Å²) in [5.41, 5.74) is 3.58. The van der Waals surface area contributed by atoms with Gasteiger partial charge in [-0.1, -0.05) is 30.6 Å². The highest BCUT2D eigenvalue weighted by atomic mass is 19.1. The molecule has 3 aromatic rings. The van der Waals surface area contributed by atoms with E-state index in [1.165, 1.54) is 12.1 Å². The normalized spacial score (nSPS) is 12.0. The van der Waals surface area contributed by atoms with Crippen molar-refractivity contribution in [3.8, 4) is 35.2 Å². The Hall–Kier alpha value is -3.92. The molecule has 3 rings (SSSR count). The SMILES string of the molecule is CCc1cc(C#Cc2ccc(OCCCCC(O)CO)c(F)c2)ccc1C#Cc1ccc(OCCCCC(O)CO)c(F)c1. The van der Waals surface area contributed by atoms with Gasteiger partial charge in [0.05, 0.1) is 38.6 Å². The minimum absolute atomic E-state index is 0.142. The van der Waals surface area contributed by atoms with E-state index < -0.39 is 23.8 Å². The highest BCUT2D eigenvalue weighted by Gasteiger charge is 2.07. The molecule has 0 aliphatic carbocycles. The molecule has 2 atom stereocenters. The van der Waals surface area contributed by atoms with Gasteiger partial charge in [0.1, 0.15) is 0 Å². The number of hydrogen-bond acceptors (Lipinski definition) is 6. The first-order chi connectivity index (χ1) is 21.3. The molecule has 44 heavy (non-hydrogen) atoms. The molecule has 3 aromatic carbocycles. The van der Waals surface area contributed by atoms with Crippen LogP contribution in [0.5, 0.6) is 11.5 Å². The maximum Gasteiger partial charge on any atom is 0.166 e. The molecule has 0 radical (unpaired) electrons. The number of aliphatic hydroxyl groups excluding tert-OH is 4. The Kier molecular flexibility index (Phi) is 14.7. The van der Waals surface area contributed by atoms with Crippen LogP contribution in [0.1, 0.15) is 73.3 Å². The molecule has 0 aromatic heterocycles. The molecule has 0 saturated carbocycles. The van der Waals surface area contributed by atoms with Crippen LogP contribution < -0.4 is 9.47 Å². The highest BCUT2D eigenvalue weighted by molar-refractivity contribution is 5.52. The maximum atomic E-state index is 14.5. The molecule has 4 N–H and O–H groups in total. The molecule has 8 heteroatoms. The summed E-state index contributed by atoms with van der Waals surface area (Å²) in [7, 11) is 0. The standard InChI is InChI=1S/C36H40F2O6/c1-2-29-21-26(9-10-27-13-17-35(33(37)22-27)43-19-5-3-7-31(41)24-39)11-15-30(29)16-12-28-14-18-36(34(38)23-28)44-20-6-4-8-32(42)25-40/h11,13-15,17-18,21-23,31-32,39-42H,2-8,19-20,24-25H2,1H3. The zero-order valence-electron chi connectivity index (χ0n) is 25.0. The van der Waals surface area contributed by atoms with Crippen molar-refractivity contribution in [1.82, 2.24) is 0 Å². The van der Waals surface area contributed by atoms with E-state index in [2.05, 4.69) is 23.7 Å². The van der Waals surface area contributed by atoms with Crippen molar-refractivity contribution in [2.45, 2.75) is 64.1 Å². The van der Waals surface area contributed by atoms with E-state index in [9.17, 15) is 19.0 Å². The Bertz CT molecular complexity index is 1470. The van der Waals surface area contributed by atoms with Crippen LogP contribution in [-0.4, -0.2) is 59.1 Å². The molecule has 0 aliphatic rings. The molecule has 0 fully saturated rings. The van der Waals surface area contributed by atoms with Gasteiger partial charge in [0.2, 0.25) is 0 Å². The van der Waals surface area contributed by atoms with Crippen molar-refractivity contribution in [2.75, 3.05) is 26.4 Å². The summed E-state index contributed by atoms with van der Waals surface area (Å²) in [6.07, 6.45) is 2.79. The van der Waals surface area contributed by atoms with E-state index in [0.717, 1.165) is 23.1 Å². The van der Waals surface area contributed by atoms with Crippen LogP contribution in [0.15, 0.2) is 54.6 Å². The summed E-state index contributed by atoms with van der Waals surface area (Å²) in [6.45, 7) is 2.09. The lowest BCUT2D eigenvalue weighted by molar-refractivity contribution is 0.0850. The van der Waals surface area contributed by atoms with Gasteiger partial charge >= 0.3 is 0 Å². The molecule has 2 unspecified atom stereocenters. The van der Waals surface area contributed by atoms with Crippen LogP contribution in [0.3, 0.4) is 0 Å². The number of halogens is 2. The Morgan fingerprint density at radius 2 is 1.09 bits per heavy atom. The maximum absolute atomic E-state index is 14.5. The molecule has 0 spiro atoms. The lowest BCUT2D eigenvalue weighted by Crippen LogP contribution is -2.11. The van der Waals surface area contributed by atoms with Gasteiger partial charge in [0.15, 0.2) is 23.1 Å². The highest BCUT2D eigenvalue weighted by Crippen LogP contribution is 2.20. The van der Waals surface area contributed by atoms with E-state index in [1.807, 2.05) is 25.1 Å². The van der Waals surface area contributed by atoms with Crippen molar-refractivity contribution in [3.63, 3.8) is 0 Å². The van der Waals surface area contributed by atoms with E-state index in [1.54, 1.807) is 24.3 Å². The fraction of sp³-hybridized carbons (Fsp3) is 0.389. The average molecular weight is 607 g/mol. The van der Waals surface area contributed by atoms with Crippen LogP contribution in [-0.2, 0) is 6.42 Å². The topological polar surface area (TPSA) is 99.4 Å². The molecule has 0 amide bonds. The van der Waals surface area contributed by atoms with Gasteiger partial charge in [-0.25, -0.2) is 8.78 Å². The number of rotatable bonds is 15. The fourth-order valence-corrected chi connectivity index (χ4v) is 4.27. The van der Waals surface area contributed by atoms with Crippen molar-refractivity contribution in [1.29, 1.82) is 0 Å². The fourth-order valence-electron chi connectivity index (χ4n) is 4.27. The summed E-state index contributed by atoms with van der Waals surface area (Å²) in [5.74, 6) is 11.5. The van der Waals surface area contributed by atoms with Gasteiger partial charge in [-0.3, -0.25) is 0 Å². The second kappa shape index (κ2) is 18.7. The van der Waals surface area contributed by atoms with Crippen LogP contribution in [0, 0.1) is 35.3 Å². The molecular weight excluding hydrogens is 566 g/mol. The minimum Gasteiger partial charge on any atom is -0.491 e. The van der Waals surface area contributed by atoms with E-state index in [-0.39, 0.29) is 24.7 Å². The minimum atomic E-state index is -0.736. The number of unbranched alkanes of at least 4 members (excludes halogenated alkanes) is 2. The predicted molar refractivity (Wildman–Crippen MR) is 165 cm³/mol. The largest absolute Gasteiger partial charge is 0.491 e. The number of benzene rings is 3. The van der Waals surface area contributed by atoms with E-state index in [0.29, 0.717) is 62.9 Å². The van der Waals surface area contributed by atoms with Crippen LogP contribution in [0.4, 0.5) is 8.78 Å². The quantitative estimate of drug-likeness (QED) is 0.141. The second-order valence-electron chi connectivity index (χ2n) is 10.4. The zero-order valence-corrected chi connectivity index (χ0v) is 25.0. The molecular formula is C36H40F2O6. The summed E-state index contributed by atoms with van der Waals surface area (Å²) in [6, 6.07) is 14.8. The van der Waals surface area contributed by atoms with Crippen molar-refractivity contribution in [3.05, 3.63) is 94.0 Å². The van der Waals surface area contributed by atoms with Crippen LogP contribution >= 0.6 is 0 Å². The van der Waals surface area contributed by atoms with Gasteiger partial charge in [0.25, 0.3) is 0 Å². The second-order valence-corrected chi connectivity index (χ2v) is 10.4. The monoisotopic (exact) mass is 606 g/mol. The molecule has 0 bridgehead atoms. The number of aryl methyl sites for hydroxylation is 1. The molecule has 0 aliphatic heterocycles. The summed E-state index contributed by atoms with van der Waals surface area (Å²) >= 11 is 0. The van der Waals surface area contributed by atoms with Crippen LogP contribution in [0.2, 0.25) is 0 Å². The Morgan fingerprint density at radius 3 is 1.55 bits per heavy atom. The number of hydrogen-bond donors (Lipinski definition) is 4. The van der Waals surface area contributed by atoms with Crippen LogP contribution in [0.25, 0.3) is 0 Å². The van der Waals surface area contributed by atoms with Gasteiger partial charge < -0.3 is 29.9 Å².